The van der Waals surface area contributed by atoms with Gasteiger partial charge >= 0.3 is 0 Å². The molecular formula is C15H26N2. The third-order valence-electron chi connectivity index (χ3n) is 2.91. The Morgan fingerprint density at radius 3 is 2.18 bits per heavy atom. The fourth-order valence-corrected chi connectivity index (χ4v) is 2.19. The van der Waals surface area contributed by atoms with Gasteiger partial charge in [-0.25, -0.2) is 0 Å². The standard InChI is InChI=1S/C15H26N2/c1-11(2)8-14(9-12(3)4)17-15-10-16-7-6-13(15)5/h6-7,10-12,14,17H,8-9H2,1-5H3. The molecule has 17 heavy (non-hydrogen) atoms. The molecule has 0 amide bonds. The van der Waals surface area contributed by atoms with E-state index in [2.05, 4.69) is 51.0 Å². The first-order chi connectivity index (χ1) is 7.99. The molecule has 1 heterocycles. The second-order valence-corrected chi connectivity index (χ2v) is 5.79. The van der Waals surface area contributed by atoms with Crippen LogP contribution in [0.2, 0.25) is 0 Å². The van der Waals surface area contributed by atoms with Gasteiger partial charge in [-0.1, -0.05) is 27.7 Å². The molecule has 0 aliphatic rings. The Balaban J connectivity index is 2.68. The summed E-state index contributed by atoms with van der Waals surface area (Å²) in [6, 6.07) is 2.61. The van der Waals surface area contributed by atoms with Crippen LogP contribution in [0.5, 0.6) is 0 Å². The molecule has 0 atom stereocenters. The molecule has 0 aliphatic heterocycles. The summed E-state index contributed by atoms with van der Waals surface area (Å²) in [6.07, 6.45) is 6.21. The third kappa shape index (κ3) is 5.20. The zero-order valence-electron chi connectivity index (χ0n) is 11.8. The first kappa shape index (κ1) is 14.0. The molecule has 0 unspecified atom stereocenters. The zero-order chi connectivity index (χ0) is 12.8. The molecule has 0 aromatic carbocycles. The lowest BCUT2D eigenvalue weighted by atomic mass is 9.95. The molecule has 0 spiro atoms. The predicted octanol–water partition coefficient (Wildman–Crippen LogP) is 4.26. The highest BCUT2D eigenvalue weighted by Gasteiger charge is 2.13. The van der Waals surface area contributed by atoms with Crippen LogP contribution in [-0.4, -0.2) is 11.0 Å². The average molecular weight is 234 g/mol. The van der Waals surface area contributed by atoms with Crippen LogP contribution in [0.15, 0.2) is 18.5 Å². The molecule has 1 rings (SSSR count). The van der Waals surface area contributed by atoms with Crippen molar-refractivity contribution in [3.05, 3.63) is 24.0 Å². The molecule has 1 aromatic rings. The lowest BCUT2D eigenvalue weighted by molar-refractivity contribution is 0.442. The van der Waals surface area contributed by atoms with Gasteiger partial charge < -0.3 is 5.32 Å². The molecule has 2 heteroatoms. The van der Waals surface area contributed by atoms with Gasteiger partial charge in [0.25, 0.3) is 0 Å². The predicted molar refractivity (Wildman–Crippen MR) is 75.3 cm³/mol. The monoisotopic (exact) mass is 234 g/mol. The van der Waals surface area contributed by atoms with Gasteiger partial charge in [-0.15, -0.1) is 0 Å². The topological polar surface area (TPSA) is 24.9 Å². The van der Waals surface area contributed by atoms with Crippen LogP contribution in [0, 0.1) is 18.8 Å². The van der Waals surface area contributed by atoms with E-state index in [1.807, 2.05) is 12.4 Å². The van der Waals surface area contributed by atoms with Gasteiger partial charge in [-0.05, 0) is 43.2 Å². The minimum Gasteiger partial charge on any atom is -0.381 e. The number of hydrogen-bond donors (Lipinski definition) is 1. The highest BCUT2D eigenvalue weighted by molar-refractivity contribution is 5.48. The van der Waals surface area contributed by atoms with E-state index in [0.717, 1.165) is 11.8 Å². The maximum atomic E-state index is 4.19. The summed E-state index contributed by atoms with van der Waals surface area (Å²) in [5.74, 6) is 1.45. The van der Waals surface area contributed by atoms with Gasteiger partial charge in [-0.2, -0.15) is 0 Å². The Hall–Kier alpha value is -1.05. The summed E-state index contributed by atoms with van der Waals surface area (Å²) < 4.78 is 0. The second-order valence-electron chi connectivity index (χ2n) is 5.79. The smallest absolute Gasteiger partial charge is 0.0558 e. The van der Waals surface area contributed by atoms with Crippen molar-refractivity contribution in [2.75, 3.05) is 5.32 Å². The van der Waals surface area contributed by atoms with Crippen molar-refractivity contribution < 1.29 is 0 Å². The molecule has 1 aromatic heterocycles. The van der Waals surface area contributed by atoms with Crippen molar-refractivity contribution in [2.24, 2.45) is 11.8 Å². The minimum atomic E-state index is 0.554. The fraction of sp³-hybridized carbons (Fsp3) is 0.667. The quantitative estimate of drug-likeness (QED) is 0.795. The molecule has 1 N–H and O–H groups in total. The summed E-state index contributed by atoms with van der Waals surface area (Å²) in [4.78, 5) is 4.19. The van der Waals surface area contributed by atoms with Gasteiger partial charge in [0.2, 0.25) is 0 Å². The molecule has 0 saturated carbocycles. The Morgan fingerprint density at radius 1 is 1.12 bits per heavy atom. The molecule has 0 bridgehead atoms. The van der Waals surface area contributed by atoms with Gasteiger partial charge in [0.1, 0.15) is 0 Å². The Bertz CT molecular complexity index is 321. The molecule has 2 nitrogen and oxygen atoms in total. The minimum absolute atomic E-state index is 0.554. The SMILES string of the molecule is Cc1ccncc1NC(CC(C)C)CC(C)C. The van der Waals surface area contributed by atoms with Crippen molar-refractivity contribution in [1.82, 2.24) is 4.98 Å². The number of aryl methyl sites for hydroxylation is 1. The van der Waals surface area contributed by atoms with Gasteiger partial charge in [-0.3, -0.25) is 4.98 Å². The Kier molecular flexibility index (Phi) is 5.46. The van der Waals surface area contributed by atoms with E-state index in [1.54, 1.807) is 0 Å². The maximum absolute atomic E-state index is 4.19. The number of pyridine rings is 1. The number of nitrogens with zero attached hydrogens (tertiary/aromatic N) is 1. The van der Waals surface area contributed by atoms with Crippen molar-refractivity contribution in [3.63, 3.8) is 0 Å². The van der Waals surface area contributed by atoms with Crippen LogP contribution in [-0.2, 0) is 0 Å². The second kappa shape index (κ2) is 6.63. The van der Waals surface area contributed by atoms with Crippen LogP contribution in [0.3, 0.4) is 0 Å². The molecule has 0 aliphatic carbocycles. The maximum Gasteiger partial charge on any atom is 0.0558 e. The van der Waals surface area contributed by atoms with Crippen LogP contribution in [0.1, 0.15) is 46.1 Å². The number of hydrogen-bond acceptors (Lipinski definition) is 2. The summed E-state index contributed by atoms with van der Waals surface area (Å²) >= 11 is 0. The number of nitrogens with one attached hydrogen (secondary N) is 1. The van der Waals surface area contributed by atoms with Crippen molar-refractivity contribution in [3.8, 4) is 0 Å². The Labute approximate surface area is 106 Å². The van der Waals surface area contributed by atoms with Crippen LogP contribution in [0.25, 0.3) is 0 Å². The summed E-state index contributed by atoms with van der Waals surface area (Å²) in [7, 11) is 0. The largest absolute Gasteiger partial charge is 0.381 e. The molecular weight excluding hydrogens is 208 g/mol. The highest BCUT2D eigenvalue weighted by atomic mass is 14.9. The first-order valence-corrected chi connectivity index (χ1v) is 6.66. The molecule has 0 saturated heterocycles. The van der Waals surface area contributed by atoms with Gasteiger partial charge in [0, 0.05) is 12.2 Å². The van der Waals surface area contributed by atoms with E-state index in [-0.39, 0.29) is 0 Å². The third-order valence-corrected chi connectivity index (χ3v) is 2.91. The van der Waals surface area contributed by atoms with E-state index in [9.17, 15) is 0 Å². The normalized spacial score (nSPS) is 11.5. The molecule has 0 radical (unpaired) electrons. The number of aromatic nitrogens is 1. The van der Waals surface area contributed by atoms with Crippen LogP contribution < -0.4 is 5.32 Å². The Morgan fingerprint density at radius 2 is 1.71 bits per heavy atom. The first-order valence-electron chi connectivity index (χ1n) is 6.66. The number of anilines is 1. The van der Waals surface area contributed by atoms with Crippen molar-refractivity contribution in [1.29, 1.82) is 0 Å². The molecule has 96 valence electrons. The van der Waals surface area contributed by atoms with E-state index in [4.69, 9.17) is 0 Å². The fourth-order valence-electron chi connectivity index (χ4n) is 2.19. The lowest BCUT2D eigenvalue weighted by Crippen LogP contribution is -2.24. The van der Waals surface area contributed by atoms with Crippen molar-refractivity contribution in [2.45, 2.75) is 53.5 Å². The number of rotatable bonds is 6. The van der Waals surface area contributed by atoms with Gasteiger partial charge in [0.15, 0.2) is 0 Å². The van der Waals surface area contributed by atoms with E-state index in [0.29, 0.717) is 6.04 Å². The molecule has 0 fully saturated rings. The van der Waals surface area contributed by atoms with E-state index >= 15 is 0 Å². The zero-order valence-corrected chi connectivity index (χ0v) is 11.8. The highest BCUT2D eigenvalue weighted by Crippen LogP contribution is 2.20. The van der Waals surface area contributed by atoms with E-state index < -0.39 is 0 Å². The lowest BCUT2D eigenvalue weighted by Gasteiger charge is -2.24. The average Bonchev–Trinajstić information content (AvgIpc) is 2.19. The van der Waals surface area contributed by atoms with E-state index in [1.165, 1.54) is 24.1 Å². The van der Waals surface area contributed by atoms with Crippen LogP contribution in [0.4, 0.5) is 5.69 Å². The van der Waals surface area contributed by atoms with Crippen molar-refractivity contribution >= 4 is 5.69 Å². The van der Waals surface area contributed by atoms with Gasteiger partial charge in [0.05, 0.1) is 11.9 Å². The summed E-state index contributed by atoms with van der Waals surface area (Å²) in [5, 5.41) is 3.65. The summed E-state index contributed by atoms with van der Waals surface area (Å²) in [6.45, 7) is 11.3. The van der Waals surface area contributed by atoms with Crippen LogP contribution >= 0.6 is 0 Å². The summed E-state index contributed by atoms with van der Waals surface area (Å²) in [5.41, 5.74) is 2.45.